The van der Waals surface area contributed by atoms with E-state index in [1.807, 2.05) is 0 Å². The quantitative estimate of drug-likeness (QED) is 0.265. The number of aliphatic hydroxyl groups excluding tert-OH is 1. The van der Waals surface area contributed by atoms with Crippen molar-refractivity contribution in [2.45, 2.75) is 31.7 Å². The van der Waals surface area contributed by atoms with Crippen molar-refractivity contribution in [2.24, 2.45) is 0 Å². The first-order valence-corrected chi connectivity index (χ1v) is 10.2. The van der Waals surface area contributed by atoms with Crippen molar-refractivity contribution < 1.29 is 33.7 Å². The summed E-state index contributed by atoms with van der Waals surface area (Å²) in [6.07, 6.45) is 1.57. The molecule has 0 radical (unpaired) electrons. The van der Waals surface area contributed by atoms with Crippen molar-refractivity contribution in [1.82, 2.24) is 4.90 Å². The minimum atomic E-state index is -0.886. The van der Waals surface area contributed by atoms with E-state index in [0.29, 0.717) is 30.6 Å². The van der Waals surface area contributed by atoms with Crippen molar-refractivity contribution in [2.75, 3.05) is 13.7 Å². The molecular weight excluding hydrogens is 417 g/mol. The van der Waals surface area contributed by atoms with E-state index in [0.717, 1.165) is 12.1 Å². The van der Waals surface area contributed by atoms with E-state index in [4.69, 9.17) is 9.84 Å². The van der Waals surface area contributed by atoms with Gasteiger partial charge in [0.25, 0.3) is 11.7 Å². The first-order valence-electron chi connectivity index (χ1n) is 10.2. The van der Waals surface area contributed by atoms with Gasteiger partial charge in [-0.2, -0.15) is 0 Å². The number of aliphatic carboxylic acids is 1. The fourth-order valence-electron chi connectivity index (χ4n) is 3.74. The molecule has 0 bridgehead atoms. The van der Waals surface area contributed by atoms with Crippen LogP contribution in [0.5, 0.6) is 5.75 Å². The highest BCUT2D eigenvalue weighted by atomic mass is 19.1. The fourth-order valence-corrected chi connectivity index (χ4v) is 3.74. The minimum Gasteiger partial charge on any atom is -0.507 e. The first-order chi connectivity index (χ1) is 15.3. The Bertz CT molecular complexity index is 1030. The number of carboxylic acids is 1. The molecule has 3 rings (SSSR count). The van der Waals surface area contributed by atoms with Gasteiger partial charge in [0.1, 0.15) is 17.3 Å². The van der Waals surface area contributed by atoms with E-state index >= 15 is 0 Å². The highest BCUT2D eigenvalue weighted by Crippen LogP contribution is 2.40. The number of carbonyl (C=O) groups is 3. The highest BCUT2D eigenvalue weighted by Gasteiger charge is 2.45. The third kappa shape index (κ3) is 4.96. The lowest BCUT2D eigenvalue weighted by Gasteiger charge is -2.25. The molecule has 2 aromatic rings. The molecule has 32 heavy (non-hydrogen) atoms. The number of benzene rings is 2. The summed E-state index contributed by atoms with van der Waals surface area (Å²) in [6, 6.07) is 11.0. The molecule has 0 saturated carbocycles. The van der Waals surface area contributed by atoms with Crippen LogP contribution in [0.3, 0.4) is 0 Å². The number of nitrogens with zero attached hydrogens (tertiary/aromatic N) is 1. The molecule has 0 spiro atoms. The van der Waals surface area contributed by atoms with Crippen LogP contribution in [-0.2, 0) is 14.4 Å². The number of aliphatic hydroxyl groups is 1. The maximum absolute atomic E-state index is 13.3. The van der Waals surface area contributed by atoms with E-state index in [1.165, 1.54) is 24.1 Å². The molecule has 2 aromatic carbocycles. The standard InChI is InChI=1S/C24H24FNO6/c1-32-18-12-8-15(9-13-18)21-20(22(29)16-6-10-17(25)11-7-16)23(30)24(31)26(21)14-4-2-3-5-19(27)28/h6-13,21,29H,2-5,14H2,1H3,(H,27,28)/b22-20+. The van der Waals surface area contributed by atoms with Gasteiger partial charge >= 0.3 is 5.97 Å². The van der Waals surface area contributed by atoms with E-state index in [-0.39, 0.29) is 29.9 Å². The molecule has 168 valence electrons. The summed E-state index contributed by atoms with van der Waals surface area (Å²) in [7, 11) is 1.52. The number of unbranched alkanes of at least 4 members (excludes halogenated alkanes) is 2. The number of ketones is 1. The summed E-state index contributed by atoms with van der Waals surface area (Å²) >= 11 is 0. The molecule has 1 amide bonds. The number of hydrogen-bond donors (Lipinski definition) is 2. The number of likely N-dealkylation sites (tertiary alicyclic amines) is 1. The second kappa shape index (κ2) is 10.1. The zero-order valence-corrected chi connectivity index (χ0v) is 17.6. The predicted octanol–water partition coefficient (Wildman–Crippen LogP) is 3.90. The smallest absolute Gasteiger partial charge is 0.303 e. The monoisotopic (exact) mass is 441 g/mol. The van der Waals surface area contributed by atoms with Crippen molar-refractivity contribution >= 4 is 23.4 Å². The van der Waals surface area contributed by atoms with Crippen molar-refractivity contribution in [3.8, 4) is 5.75 Å². The Labute approximate surface area is 184 Å². The van der Waals surface area contributed by atoms with E-state index in [2.05, 4.69) is 0 Å². The maximum atomic E-state index is 13.3. The van der Waals surface area contributed by atoms with Crippen LogP contribution in [-0.4, -0.2) is 46.4 Å². The molecule has 1 saturated heterocycles. The second-order valence-corrected chi connectivity index (χ2v) is 7.48. The summed E-state index contributed by atoms with van der Waals surface area (Å²) in [5.74, 6) is -2.72. The van der Waals surface area contributed by atoms with Gasteiger partial charge < -0.3 is 19.8 Å². The van der Waals surface area contributed by atoms with Gasteiger partial charge in [-0.25, -0.2) is 4.39 Å². The lowest BCUT2D eigenvalue weighted by Crippen LogP contribution is -2.30. The number of Topliss-reactive ketones (excluding diaryl/α,β-unsaturated/α-hetero) is 1. The van der Waals surface area contributed by atoms with E-state index in [9.17, 15) is 23.9 Å². The number of carbonyl (C=O) groups excluding carboxylic acids is 2. The number of amides is 1. The zero-order valence-electron chi connectivity index (χ0n) is 17.6. The Balaban J connectivity index is 1.97. The molecule has 2 N–H and O–H groups in total. The third-order valence-electron chi connectivity index (χ3n) is 5.38. The molecule has 1 fully saturated rings. The van der Waals surface area contributed by atoms with Gasteiger partial charge in [0.2, 0.25) is 0 Å². The molecule has 0 aliphatic carbocycles. The first kappa shape index (κ1) is 23.0. The Hall–Kier alpha value is -3.68. The lowest BCUT2D eigenvalue weighted by molar-refractivity contribution is -0.140. The third-order valence-corrected chi connectivity index (χ3v) is 5.38. The molecule has 0 aromatic heterocycles. The minimum absolute atomic E-state index is 0.0330. The molecule has 1 aliphatic heterocycles. The molecular formula is C24H24FNO6. The Morgan fingerprint density at radius 3 is 2.25 bits per heavy atom. The number of rotatable bonds is 9. The zero-order chi connectivity index (χ0) is 23.3. The fraction of sp³-hybridized carbons (Fsp3) is 0.292. The highest BCUT2D eigenvalue weighted by molar-refractivity contribution is 6.46. The molecule has 1 unspecified atom stereocenters. The van der Waals surface area contributed by atoms with Gasteiger partial charge in [-0.05, 0) is 54.8 Å². The molecule has 7 nitrogen and oxygen atoms in total. The van der Waals surface area contributed by atoms with Crippen LogP contribution in [0.1, 0.15) is 42.9 Å². The van der Waals surface area contributed by atoms with Crippen LogP contribution < -0.4 is 4.74 Å². The average molecular weight is 441 g/mol. The van der Waals surface area contributed by atoms with Crippen LogP contribution in [0, 0.1) is 5.82 Å². The van der Waals surface area contributed by atoms with E-state index < -0.39 is 29.5 Å². The van der Waals surface area contributed by atoms with Crippen LogP contribution >= 0.6 is 0 Å². The molecule has 1 aliphatic rings. The number of hydrogen-bond acceptors (Lipinski definition) is 5. The number of halogens is 1. The second-order valence-electron chi connectivity index (χ2n) is 7.48. The van der Waals surface area contributed by atoms with Gasteiger partial charge in [0.15, 0.2) is 0 Å². The maximum Gasteiger partial charge on any atom is 0.303 e. The van der Waals surface area contributed by atoms with Crippen LogP contribution in [0.2, 0.25) is 0 Å². The van der Waals surface area contributed by atoms with Crippen LogP contribution in [0.15, 0.2) is 54.1 Å². The number of ether oxygens (including phenoxy) is 1. The topological polar surface area (TPSA) is 104 Å². The summed E-state index contributed by atoms with van der Waals surface area (Å²) in [4.78, 5) is 37.8. The van der Waals surface area contributed by atoms with Gasteiger partial charge in [-0.1, -0.05) is 18.6 Å². The van der Waals surface area contributed by atoms with Crippen LogP contribution in [0.25, 0.3) is 5.76 Å². The van der Waals surface area contributed by atoms with Gasteiger partial charge in [-0.3, -0.25) is 14.4 Å². The average Bonchev–Trinajstić information content (AvgIpc) is 3.03. The molecule has 1 atom stereocenters. The Morgan fingerprint density at radius 2 is 1.66 bits per heavy atom. The lowest BCUT2D eigenvalue weighted by atomic mass is 9.95. The number of methoxy groups -OCH3 is 1. The van der Waals surface area contributed by atoms with E-state index in [1.54, 1.807) is 24.3 Å². The predicted molar refractivity (Wildman–Crippen MR) is 115 cm³/mol. The normalized spacial score (nSPS) is 17.6. The van der Waals surface area contributed by atoms with Crippen molar-refractivity contribution in [3.05, 3.63) is 71.0 Å². The van der Waals surface area contributed by atoms with Gasteiger partial charge in [0.05, 0.1) is 18.7 Å². The van der Waals surface area contributed by atoms with Gasteiger partial charge in [0, 0.05) is 18.5 Å². The van der Waals surface area contributed by atoms with Crippen LogP contribution in [0.4, 0.5) is 4.39 Å². The summed E-state index contributed by atoms with van der Waals surface area (Å²) in [6.45, 7) is 0.223. The van der Waals surface area contributed by atoms with Crippen molar-refractivity contribution in [3.63, 3.8) is 0 Å². The molecule has 8 heteroatoms. The van der Waals surface area contributed by atoms with Gasteiger partial charge in [-0.15, -0.1) is 0 Å². The van der Waals surface area contributed by atoms with Crippen molar-refractivity contribution in [1.29, 1.82) is 0 Å². The molecule has 1 heterocycles. The largest absolute Gasteiger partial charge is 0.507 e. The Kier molecular flexibility index (Phi) is 7.25. The summed E-state index contributed by atoms with van der Waals surface area (Å²) in [5, 5.41) is 19.7. The Morgan fingerprint density at radius 1 is 1.00 bits per heavy atom. The summed E-state index contributed by atoms with van der Waals surface area (Å²) < 4.78 is 18.5. The number of carboxylic acid groups (broad SMARTS) is 1. The summed E-state index contributed by atoms with van der Waals surface area (Å²) in [5.41, 5.74) is 0.765. The SMILES string of the molecule is COc1ccc(C2/C(=C(\O)c3ccc(F)cc3)C(=O)C(=O)N2CCCCCC(=O)O)cc1.